The van der Waals surface area contributed by atoms with Crippen molar-refractivity contribution in [3.63, 3.8) is 0 Å². The van der Waals surface area contributed by atoms with Gasteiger partial charge in [-0.05, 0) is 24.6 Å². The topological polar surface area (TPSA) is 53.9 Å². The van der Waals surface area contributed by atoms with Gasteiger partial charge in [0.15, 0.2) is 0 Å². The van der Waals surface area contributed by atoms with E-state index in [0.717, 1.165) is 22.2 Å². The van der Waals surface area contributed by atoms with Crippen LogP contribution in [-0.4, -0.2) is 14.2 Å². The molecule has 3 aromatic rings. The van der Waals surface area contributed by atoms with Crippen molar-refractivity contribution in [2.45, 2.75) is 26.1 Å². The van der Waals surface area contributed by atoms with Gasteiger partial charge in [-0.25, -0.2) is 0 Å². The number of hydrogen-bond acceptors (Lipinski definition) is 2. The number of nitrogens with one attached hydrogen (secondary N) is 1. The summed E-state index contributed by atoms with van der Waals surface area (Å²) in [6.07, 6.45) is 1.14. The summed E-state index contributed by atoms with van der Waals surface area (Å²) in [5, 5.41) is 19.0. The largest absolute Gasteiger partial charge is 0.387 e. The Hall–Kier alpha value is -2.30. The summed E-state index contributed by atoms with van der Waals surface area (Å²) in [5.74, 6) is 0. The predicted octanol–water partition coefficient (Wildman–Crippen LogP) is 3.57. The molecule has 1 heterocycles. The van der Waals surface area contributed by atoms with Gasteiger partial charge in [0.1, 0.15) is 0 Å². The highest BCUT2D eigenvalue weighted by Gasteiger charge is 2.14. The van der Waals surface area contributed by atoms with Crippen molar-refractivity contribution in [1.29, 1.82) is 5.41 Å². The molecule has 0 saturated heterocycles. The minimum Gasteiger partial charge on any atom is -0.387 e. The average Bonchev–Trinajstić information content (AvgIpc) is 2.82. The Balaban J connectivity index is 0.00000208. The number of allylic oxidation sites excluding steroid dienone is 1. The molecule has 126 valence electrons. The minimum atomic E-state index is -0.646. The van der Waals surface area contributed by atoms with Crippen molar-refractivity contribution in [1.82, 2.24) is 9.13 Å². The molecule has 2 aromatic carbocycles. The molecule has 0 spiro atoms. The van der Waals surface area contributed by atoms with Crippen LogP contribution in [0, 0.1) is 12.3 Å². The lowest BCUT2D eigenvalue weighted by Crippen LogP contribution is -2.26. The van der Waals surface area contributed by atoms with Gasteiger partial charge in [-0.15, -0.1) is 19.0 Å². The molecule has 2 N–H and O–H groups in total. The lowest BCUT2D eigenvalue weighted by atomic mass is 10.1. The molecule has 5 heteroatoms. The number of aromatic nitrogens is 2. The standard InChI is InChI=1S/C19H21N3O.ClH/c1-3-12-21-16-6-4-5-7-17(16)22(19(21)20)13-18(23)15-10-8-14(2)9-11-15;/h3-11,18,20,23H,1,12-13H2,2H3;1H. The Morgan fingerprint density at radius 1 is 1.08 bits per heavy atom. The Kier molecular flexibility index (Phi) is 5.65. The molecular weight excluding hydrogens is 322 g/mol. The zero-order chi connectivity index (χ0) is 16.4. The highest BCUT2D eigenvalue weighted by Crippen LogP contribution is 2.19. The van der Waals surface area contributed by atoms with Gasteiger partial charge in [-0.2, -0.15) is 0 Å². The van der Waals surface area contributed by atoms with Crippen LogP contribution >= 0.6 is 12.4 Å². The number of nitrogens with zero attached hydrogens (tertiary/aromatic N) is 2. The van der Waals surface area contributed by atoms with E-state index in [4.69, 9.17) is 5.41 Å². The van der Waals surface area contributed by atoms with Crippen LogP contribution in [-0.2, 0) is 13.1 Å². The molecule has 0 amide bonds. The van der Waals surface area contributed by atoms with E-state index in [9.17, 15) is 5.11 Å². The highest BCUT2D eigenvalue weighted by atomic mass is 35.5. The average molecular weight is 344 g/mol. The highest BCUT2D eigenvalue weighted by molar-refractivity contribution is 5.85. The van der Waals surface area contributed by atoms with Gasteiger partial charge in [0.25, 0.3) is 0 Å². The molecule has 0 aliphatic carbocycles. The van der Waals surface area contributed by atoms with Gasteiger partial charge in [0.2, 0.25) is 5.62 Å². The van der Waals surface area contributed by atoms with Crippen LogP contribution in [0.15, 0.2) is 61.2 Å². The normalized spacial score (nSPS) is 11.9. The number of aliphatic hydroxyl groups is 1. The van der Waals surface area contributed by atoms with E-state index in [1.54, 1.807) is 6.08 Å². The van der Waals surface area contributed by atoms with Crippen molar-refractivity contribution < 1.29 is 5.11 Å². The predicted molar refractivity (Wildman–Crippen MR) is 99.4 cm³/mol. The van der Waals surface area contributed by atoms with Crippen LogP contribution in [0.4, 0.5) is 0 Å². The summed E-state index contributed by atoms with van der Waals surface area (Å²) in [6.45, 7) is 6.72. The molecule has 4 nitrogen and oxygen atoms in total. The number of benzene rings is 2. The van der Waals surface area contributed by atoms with E-state index < -0.39 is 6.10 Å². The minimum absolute atomic E-state index is 0. The molecular formula is C19H22ClN3O. The Morgan fingerprint density at radius 2 is 1.67 bits per heavy atom. The Morgan fingerprint density at radius 3 is 2.25 bits per heavy atom. The molecule has 0 aliphatic heterocycles. The van der Waals surface area contributed by atoms with Crippen LogP contribution in [0.3, 0.4) is 0 Å². The Bertz CT molecular complexity index is 893. The lowest BCUT2D eigenvalue weighted by molar-refractivity contribution is 0.155. The van der Waals surface area contributed by atoms with Gasteiger partial charge >= 0.3 is 0 Å². The first-order chi connectivity index (χ1) is 11.1. The lowest BCUT2D eigenvalue weighted by Gasteiger charge is -2.13. The van der Waals surface area contributed by atoms with E-state index in [0.29, 0.717) is 18.7 Å². The third-order valence-electron chi connectivity index (χ3n) is 4.10. The summed E-state index contributed by atoms with van der Waals surface area (Å²) < 4.78 is 3.74. The molecule has 0 radical (unpaired) electrons. The number of para-hydroxylation sites is 2. The summed E-state index contributed by atoms with van der Waals surface area (Å²) >= 11 is 0. The summed E-state index contributed by atoms with van der Waals surface area (Å²) in [6, 6.07) is 15.7. The number of fused-ring (bicyclic) bond motifs is 1. The first-order valence-electron chi connectivity index (χ1n) is 7.70. The second-order valence-electron chi connectivity index (χ2n) is 5.75. The van der Waals surface area contributed by atoms with Crippen molar-refractivity contribution in [3.05, 3.63) is 77.9 Å². The van der Waals surface area contributed by atoms with Gasteiger partial charge in [0.05, 0.1) is 23.7 Å². The molecule has 24 heavy (non-hydrogen) atoms. The second-order valence-corrected chi connectivity index (χ2v) is 5.75. The maximum atomic E-state index is 10.6. The van der Waals surface area contributed by atoms with Gasteiger partial charge < -0.3 is 14.2 Å². The monoisotopic (exact) mass is 343 g/mol. The maximum absolute atomic E-state index is 10.6. The van der Waals surface area contributed by atoms with Crippen molar-refractivity contribution in [3.8, 4) is 0 Å². The summed E-state index contributed by atoms with van der Waals surface area (Å²) in [7, 11) is 0. The number of imidazole rings is 1. The summed E-state index contributed by atoms with van der Waals surface area (Å²) in [5.41, 5.74) is 4.33. The van der Waals surface area contributed by atoms with Crippen LogP contribution in [0.1, 0.15) is 17.2 Å². The Labute approximate surface area is 147 Å². The zero-order valence-electron chi connectivity index (χ0n) is 13.6. The summed E-state index contributed by atoms with van der Waals surface area (Å²) in [4.78, 5) is 0. The third kappa shape index (κ3) is 3.30. The number of rotatable bonds is 5. The van der Waals surface area contributed by atoms with E-state index >= 15 is 0 Å². The van der Waals surface area contributed by atoms with E-state index in [1.807, 2.05) is 64.6 Å². The van der Waals surface area contributed by atoms with Crippen molar-refractivity contribution in [2.75, 3.05) is 0 Å². The van der Waals surface area contributed by atoms with Crippen molar-refractivity contribution >= 4 is 23.4 Å². The second kappa shape index (κ2) is 7.51. The fraction of sp³-hybridized carbons (Fsp3) is 0.211. The SMILES string of the molecule is C=CCn1c(=N)n(CC(O)c2ccc(C)cc2)c2ccccc21.Cl. The number of halogens is 1. The molecule has 1 aromatic heterocycles. The zero-order valence-corrected chi connectivity index (χ0v) is 14.5. The van der Waals surface area contributed by atoms with E-state index in [1.165, 1.54) is 0 Å². The quantitative estimate of drug-likeness (QED) is 0.684. The fourth-order valence-corrected chi connectivity index (χ4v) is 2.86. The van der Waals surface area contributed by atoms with Crippen LogP contribution in [0.25, 0.3) is 11.0 Å². The molecule has 1 atom stereocenters. The van der Waals surface area contributed by atoms with Gasteiger partial charge in [0, 0.05) is 6.54 Å². The van der Waals surface area contributed by atoms with Crippen molar-refractivity contribution in [2.24, 2.45) is 0 Å². The molecule has 3 rings (SSSR count). The van der Waals surface area contributed by atoms with Crippen LogP contribution < -0.4 is 5.62 Å². The van der Waals surface area contributed by atoms with Crippen LogP contribution in [0.5, 0.6) is 0 Å². The van der Waals surface area contributed by atoms with E-state index in [-0.39, 0.29) is 12.4 Å². The first kappa shape index (κ1) is 18.0. The molecule has 0 saturated carbocycles. The molecule has 0 aliphatic rings. The van der Waals surface area contributed by atoms with Gasteiger partial charge in [-0.3, -0.25) is 5.41 Å². The van der Waals surface area contributed by atoms with Crippen LogP contribution in [0.2, 0.25) is 0 Å². The molecule has 0 bridgehead atoms. The fourth-order valence-electron chi connectivity index (χ4n) is 2.86. The molecule has 1 unspecified atom stereocenters. The smallest absolute Gasteiger partial charge is 0.203 e. The maximum Gasteiger partial charge on any atom is 0.203 e. The number of aryl methyl sites for hydroxylation is 1. The first-order valence-corrected chi connectivity index (χ1v) is 7.70. The molecule has 0 fully saturated rings. The van der Waals surface area contributed by atoms with Gasteiger partial charge in [-0.1, -0.05) is 48.0 Å². The number of hydrogen-bond donors (Lipinski definition) is 2. The number of aliphatic hydroxyl groups excluding tert-OH is 1. The third-order valence-corrected chi connectivity index (χ3v) is 4.10. The van der Waals surface area contributed by atoms with E-state index in [2.05, 4.69) is 6.58 Å².